The van der Waals surface area contributed by atoms with Gasteiger partial charge in [-0.1, -0.05) is 42.5 Å². The highest BCUT2D eigenvalue weighted by Gasteiger charge is 2.27. The molecule has 0 fully saturated rings. The van der Waals surface area contributed by atoms with E-state index in [1.165, 1.54) is 12.1 Å². The van der Waals surface area contributed by atoms with Gasteiger partial charge in [-0.25, -0.2) is 13.4 Å². The van der Waals surface area contributed by atoms with E-state index in [2.05, 4.69) is 19.7 Å². The van der Waals surface area contributed by atoms with Crippen LogP contribution in [-0.4, -0.2) is 23.4 Å². The number of anilines is 2. The Labute approximate surface area is 180 Å². The van der Waals surface area contributed by atoms with Crippen LogP contribution < -0.4 is 15.9 Å². The minimum absolute atomic E-state index is 0.00530. The number of nitrogens with two attached hydrogens (primary N) is 1. The quantitative estimate of drug-likeness (QED) is 0.215. The predicted molar refractivity (Wildman–Crippen MR) is 119 cm³/mol. The number of benzene rings is 3. The number of rotatable bonds is 3. The third-order valence-corrected chi connectivity index (χ3v) is 6.27. The second-order valence-electron chi connectivity index (χ2n) is 6.67. The van der Waals surface area contributed by atoms with E-state index < -0.39 is 15.5 Å². The molecule has 2 heterocycles. The van der Waals surface area contributed by atoms with Crippen LogP contribution in [0.25, 0.3) is 33.5 Å². The summed E-state index contributed by atoms with van der Waals surface area (Å²) in [6.07, 6.45) is 0. The molecule has 154 valence electrons. The van der Waals surface area contributed by atoms with Gasteiger partial charge in [-0.3, -0.25) is 9.52 Å². The van der Waals surface area contributed by atoms with Crippen LogP contribution in [-0.2, 0) is 10.0 Å². The molecule has 11 heteroatoms. The Morgan fingerprint density at radius 3 is 2.42 bits per heavy atom. The molecule has 0 radical (unpaired) electrons. The van der Waals surface area contributed by atoms with Crippen molar-refractivity contribution in [3.05, 3.63) is 69.6 Å². The Kier molecular flexibility index (Phi) is 4.24. The van der Waals surface area contributed by atoms with E-state index in [9.17, 15) is 13.2 Å². The second kappa shape index (κ2) is 6.86. The average molecular weight is 451 g/mol. The smallest absolute Gasteiger partial charge is 0.262 e. The van der Waals surface area contributed by atoms with Crippen molar-refractivity contribution in [2.45, 2.75) is 4.90 Å². The van der Waals surface area contributed by atoms with Crippen LogP contribution >= 0.6 is 12.2 Å². The molecule has 4 N–H and O–H groups in total. The van der Waals surface area contributed by atoms with Gasteiger partial charge in [0.25, 0.3) is 15.7 Å². The molecule has 3 aromatic rings. The molecule has 31 heavy (non-hydrogen) atoms. The molecular formula is C20H13N5O4S2. The number of nitrogen functional groups attached to an aromatic ring is 1. The summed E-state index contributed by atoms with van der Waals surface area (Å²) in [5.41, 5.74) is 5.60. The van der Waals surface area contributed by atoms with Gasteiger partial charge in [0.05, 0.1) is 4.90 Å². The van der Waals surface area contributed by atoms with Gasteiger partial charge in [0.1, 0.15) is 17.2 Å². The molecule has 0 unspecified atom stereocenters. The molecule has 0 saturated carbocycles. The highest BCUT2D eigenvalue weighted by Crippen LogP contribution is 2.36. The number of hydrogen-bond donors (Lipinski definition) is 3. The molecule has 0 bridgehead atoms. The maximum absolute atomic E-state index is 13.2. The van der Waals surface area contributed by atoms with Crippen LogP contribution in [0.5, 0.6) is 0 Å². The summed E-state index contributed by atoms with van der Waals surface area (Å²) in [7, 11) is -4.08. The van der Waals surface area contributed by atoms with E-state index >= 15 is 0 Å². The van der Waals surface area contributed by atoms with Crippen molar-refractivity contribution < 1.29 is 12.8 Å². The Hall–Kier alpha value is -3.83. The number of H-pyrrole nitrogens is 1. The van der Waals surface area contributed by atoms with Crippen molar-refractivity contribution in [3.8, 4) is 11.5 Å². The fourth-order valence-electron chi connectivity index (χ4n) is 3.31. The summed E-state index contributed by atoms with van der Waals surface area (Å²) in [4.78, 5) is 24.5. The SMILES string of the molecule is Nc1[nH]c(=S)nc2oc3c(NS(=O)(=O)c4ccccc4)c(=O)c4ccccc4c-3nc12. The molecule has 2 aliphatic rings. The van der Waals surface area contributed by atoms with Gasteiger partial charge in [0, 0.05) is 10.8 Å². The first kappa shape index (κ1) is 19.2. The standard InChI is InChI=1S/C20H13N5O4S2/c21-18-15-19(24-20(30)23-18)29-17-13(22-15)11-8-4-5-9-12(11)16(26)14(17)25-31(27,28)10-6-2-1-3-7-10/h1-9,25H,(H3,21,23,24,30). The Morgan fingerprint density at radius 2 is 1.68 bits per heavy atom. The largest absolute Gasteiger partial charge is 0.432 e. The monoisotopic (exact) mass is 451 g/mol. The molecule has 5 rings (SSSR count). The average Bonchev–Trinajstić information content (AvgIpc) is 2.76. The van der Waals surface area contributed by atoms with E-state index in [1.54, 1.807) is 42.5 Å². The summed E-state index contributed by atoms with van der Waals surface area (Å²) in [5, 5.41) is 0.760. The van der Waals surface area contributed by atoms with Crippen molar-refractivity contribution >= 4 is 55.7 Å². The van der Waals surface area contributed by atoms with Crippen molar-refractivity contribution in [2.24, 2.45) is 0 Å². The molecule has 1 aliphatic carbocycles. The number of fused-ring (bicyclic) bond motifs is 4. The summed E-state index contributed by atoms with van der Waals surface area (Å²) < 4.78 is 34.1. The van der Waals surface area contributed by atoms with E-state index in [1.807, 2.05) is 0 Å². The number of aromatic amines is 1. The Balaban J connectivity index is 1.89. The number of aromatic nitrogens is 3. The second-order valence-corrected chi connectivity index (χ2v) is 8.74. The predicted octanol–water partition coefficient (Wildman–Crippen LogP) is 3.28. The van der Waals surface area contributed by atoms with Crippen LogP contribution in [0.4, 0.5) is 11.5 Å². The Bertz CT molecular complexity index is 1680. The maximum Gasteiger partial charge on any atom is 0.262 e. The zero-order chi connectivity index (χ0) is 21.8. The van der Waals surface area contributed by atoms with Crippen molar-refractivity contribution in [3.63, 3.8) is 0 Å². The minimum atomic E-state index is -4.08. The highest BCUT2D eigenvalue weighted by molar-refractivity contribution is 7.92. The highest BCUT2D eigenvalue weighted by atomic mass is 32.2. The molecule has 0 atom stereocenters. The van der Waals surface area contributed by atoms with Gasteiger partial charge >= 0.3 is 0 Å². The number of nitrogens with one attached hydrogen (secondary N) is 2. The lowest BCUT2D eigenvalue weighted by Crippen LogP contribution is -2.21. The first-order valence-electron chi connectivity index (χ1n) is 8.98. The Morgan fingerprint density at radius 1 is 1.00 bits per heavy atom. The summed E-state index contributed by atoms with van der Waals surface area (Å²) in [6.45, 7) is 0. The summed E-state index contributed by atoms with van der Waals surface area (Å²) in [6, 6.07) is 14.4. The van der Waals surface area contributed by atoms with Crippen LogP contribution in [0.1, 0.15) is 0 Å². The maximum atomic E-state index is 13.2. The van der Waals surface area contributed by atoms with Gasteiger partial charge in [0.2, 0.25) is 10.2 Å². The molecule has 1 aromatic heterocycles. The molecule has 0 amide bonds. The lowest BCUT2D eigenvalue weighted by Gasteiger charge is -2.15. The fourth-order valence-corrected chi connectivity index (χ4v) is 4.59. The number of nitrogens with zero attached hydrogens (tertiary/aromatic N) is 2. The summed E-state index contributed by atoms with van der Waals surface area (Å²) in [5.74, 6) is 0.0746. The third-order valence-electron chi connectivity index (χ3n) is 4.71. The van der Waals surface area contributed by atoms with E-state index in [4.69, 9.17) is 22.4 Å². The molecular weight excluding hydrogens is 438 g/mol. The molecule has 9 nitrogen and oxygen atoms in total. The van der Waals surface area contributed by atoms with Crippen molar-refractivity contribution in [1.29, 1.82) is 0 Å². The van der Waals surface area contributed by atoms with Gasteiger partial charge in [0.15, 0.2) is 11.3 Å². The van der Waals surface area contributed by atoms with E-state index in [-0.39, 0.29) is 49.2 Å². The van der Waals surface area contributed by atoms with Crippen LogP contribution in [0.3, 0.4) is 0 Å². The lowest BCUT2D eigenvalue weighted by atomic mass is 10.0. The first-order valence-corrected chi connectivity index (χ1v) is 10.9. The molecule has 1 aliphatic heterocycles. The fraction of sp³-hybridized carbons (Fsp3) is 0. The van der Waals surface area contributed by atoms with Crippen LogP contribution in [0.15, 0.2) is 68.7 Å². The van der Waals surface area contributed by atoms with Gasteiger partial charge in [-0.05, 0) is 24.4 Å². The van der Waals surface area contributed by atoms with Gasteiger partial charge < -0.3 is 15.1 Å². The lowest BCUT2D eigenvalue weighted by molar-refractivity contribution is 0.594. The number of sulfonamides is 1. The van der Waals surface area contributed by atoms with E-state index in [0.29, 0.717) is 5.39 Å². The van der Waals surface area contributed by atoms with Gasteiger partial charge in [-0.15, -0.1) is 0 Å². The summed E-state index contributed by atoms with van der Waals surface area (Å²) >= 11 is 5.03. The third kappa shape index (κ3) is 3.10. The van der Waals surface area contributed by atoms with Crippen LogP contribution in [0, 0.1) is 4.77 Å². The molecule has 0 spiro atoms. The van der Waals surface area contributed by atoms with Crippen molar-refractivity contribution in [2.75, 3.05) is 10.5 Å². The van der Waals surface area contributed by atoms with E-state index in [0.717, 1.165) is 0 Å². The first-order chi connectivity index (χ1) is 14.8. The molecule has 2 aromatic carbocycles. The van der Waals surface area contributed by atoms with Gasteiger partial charge in [-0.2, -0.15) is 4.98 Å². The topological polar surface area (TPSA) is 144 Å². The zero-order valence-electron chi connectivity index (χ0n) is 15.6. The normalized spacial score (nSPS) is 11.9. The molecule has 0 saturated heterocycles. The zero-order valence-corrected chi connectivity index (χ0v) is 17.3. The number of hydrogen-bond acceptors (Lipinski definition) is 8. The van der Waals surface area contributed by atoms with Crippen LogP contribution in [0.2, 0.25) is 0 Å². The van der Waals surface area contributed by atoms with Crippen molar-refractivity contribution in [1.82, 2.24) is 15.0 Å². The minimum Gasteiger partial charge on any atom is -0.432 e.